The lowest BCUT2D eigenvalue weighted by atomic mass is 10.3. The van der Waals surface area contributed by atoms with Crippen LogP contribution >= 0.6 is 0 Å². The fourth-order valence-electron chi connectivity index (χ4n) is 1.94. The lowest BCUT2D eigenvalue weighted by Gasteiger charge is -2.18. The average molecular weight is 303 g/mol. The van der Waals surface area contributed by atoms with Gasteiger partial charge in [0.2, 0.25) is 0 Å². The zero-order chi connectivity index (χ0) is 15.5. The van der Waals surface area contributed by atoms with Gasteiger partial charge in [-0.05, 0) is 18.2 Å². The number of hydrogen-bond acceptors (Lipinski definition) is 3. The number of anilines is 1. The van der Waals surface area contributed by atoms with Crippen molar-refractivity contribution in [1.82, 2.24) is 14.7 Å². The molecule has 22 heavy (non-hydrogen) atoms. The van der Waals surface area contributed by atoms with Crippen molar-refractivity contribution in [3.63, 3.8) is 0 Å². The number of benzene rings is 1. The Bertz CT molecular complexity index is 768. The first kappa shape index (κ1) is 13.9. The molecule has 0 saturated carbocycles. The molecule has 1 N–H and O–H groups in total. The summed E-state index contributed by atoms with van der Waals surface area (Å²) in [5.41, 5.74) is 0.0360. The first-order valence-corrected chi connectivity index (χ1v) is 6.39. The van der Waals surface area contributed by atoms with Gasteiger partial charge in [0.25, 0.3) is 0 Å². The molecular weight excluding hydrogens is 292 g/mol. The molecule has 0 fully saturated rings. The Morgan fingerprint density at radius 3 is 2.86 bits per heavy atom. The minimum atomic E-state index is -0.776. The number of carbonyl (C=O) groups excluding carboxylic acids is 1. The summed E-state index contributed by atoms with van der Waals surface area (Å²) >= 11 is 0. The second-order valence-electron chi connectivity index (χ2n) is 4.44. The van der Waals surface area contributed by atoms with Gasteiger partial charge in [0, 0.05) is 24.5 Å². The van der Waals surface area contributed by atoms with Gasteiger partial charge in [-0.15, -0.1) is 0 Å². The zero-order valence-corrected chi connectivity index (χ0v) is 11.3. The molecule has 1 aliphatic heterocycles. The van der Waals surface area contributed by atoms with Gasteiger partial charge in [0.15, 0.2) is 5.82 Å². The van der Waals surface area contributed by atoms with E-state index in [4.69, 9.17) is 0 Å². The number of rotatable bonds is 2. The van der Waals surface area contributed by atoms with Crippen LogP contribution in [0.5, 0.6) is 0 Å². The lowest BCUT2D eigenvalue weighted by molar-refractivity contribution is 0.229. The van der Waals surface area contributed by atoms with Crippen molar-refractivity contribution in [3.8, 4) is 5.69 Å². The van der Waals surface area contributed by atoms with Crippen LogP contribution in [0.4, 0.5) is 19.4 Å². The number of urea groups is 1. The van der Waals surface area contributed by atoms with E-state index in [1.165, 1.54) is 27.9 Å². The number of carbonyl (C=O) groups is 1. The molecule has 0 atom stereocenters. The van der Waals surface area contributed by atoms with Crippen LogP contribution in [-0.4, -0.2) is 33.6 Å². The Kier molecular flexibility index (Phi) is 3.65. The van der Waals surface area contributed by atoms with Gasteiger partial charge in [-0.1, -0.05) is 0 Å². The highest BCUT2D eigenvalue weighted by atomic mass is 19.1. The summed E-state index contributed by atoms with van der Waals surface area (Å²) in [6, 6.07) is 4.20. The van der Waals surface area contributed by atoms with Crippen molar-refractivity contribution in [3.05, 3.63) is 54.4 Å². The van der Waals surface area contributed by atoms with Crippen molar-refractivity contribution in [2.75, 3.05) is 12.0 Å². The predicted octanol–water partition coefficient (Wildman–Crippen LogP) is 2.54. The SMILES string of the molecule is O=C(Nc1ccnn1-c1ccc(F)cc1F)N1C=CC=NC1. The van der Waals surface area contributed by atoms with Crippen molar-refractivity contribution >= 4 is 18.1 Å². The molecular formula is C14H11F2N5O. The van der Waals surface area contributed by atoms with Crippen LogP contribution in [0.15, 0.2) is 47.7 Å². The predicted molar refractivity (Wildman–Crippen MR) is 76.8 cm³/mol. The first-order chi connectivity index (χ1) is 10.6. The second-order valence-corrected chi connectivity index (χ2v) is 4.44. The second kappa shape index (κ2) is 5.76. The van der Waals surface area contributed by atoms with E-state index < -0.39 is 17.7 Å². The number of nitrogens with one attached hydrogen (secondary N) is 1. The first-order valence-electron chi connectivity index (χ1n) is 6.39. The van der Waals surface area contributed by atoms with Crippen LogP contribution in [-0.2, 0) is 0 Å². The Morgan fingerprint density at radius 1 is 1.27 bits per heavy atom. The van der Waals surface area contributed by atoms with E-state index in [0.717, 1.165) is 12.1 Å². The Balaban J connectivity index is 1.84. The van der Waals surface area contributed by atoms with Gasteiger partial charge in [-0.25, -0.2) is 18.3 Å². The number of hydrogen-bond donors (Lipinski definition) is 1. The number of nitrogens with zero attached hydrogens (tertiary/aromatic N) is 4. The van der Waals surface area contributed by atoms with Crippen LogP contribution in [0.1, 0.15) is 0 Å². The molecule has 1 aromatic carbocycles. The Hall–Kier alpha value is -3.03. The molecule has 8 heteroatoms. The maximum atomic E-state index is 13.8. The quantitative estimate of drug-likeness (QED) is 0.926. The number of allylic oxidation sites excluding steroid dienone is 1. The number of aliphatic imine (C=N–C) groups is 1. The summed E-state index contributed by atoms with van der Waals surface area (Å²) in [5.74, 6) is -1.20. The summed E-state index contributed by atoms with van der Waals surface area (Å²) in [7, 11) is 0. The van der Waals surface area contributed by atoms with Crippen LogP contribution in [0.3, 0.4) is 0 Å². The Morgan fingerprint density at radius 2 is 2.14 bits per heavy atom. The van der Waals surface area contributed by atoms with Crippen molar-refractivity contribution in [1.29, 1.82) is 0 Å². The number of amides is 2. The molecule has 0 radical (unpaired) electrons. The van der Waals surface area contributed by atoms with E-state index >= 15 is 0 Å². The van der Waals surface area contributed by atoms with Gasteiger partial charge in [-0.2, -0.15) is 5.10 Å². The van der Waals surface area contributed by atoms with Crippen molar-refractivity contribution in [2.45, 2.75) is 0 Å². The fourth-order valence-corrected chi connectivity index (χ4v) is 1.94. The van der Waals surface area contributed by atoms with Crippen LogP contribution < -0.4 is 5.32 Å². The van der Waals surface area contributed by atoms with Crippen LogP contribution in [0.2, 0.25) is 0 Å². The van der Waals surface area contributed by atoms with Gasteiger partial charge >= 0.3 is 6.03 Å². The minimum absolute atomic E-state index is 0.0360. The highest BCUT2D eigenvalue weighted by Crippen LogP contribution is 2.19. The molecule has 1 aliphatic rings. The fraction of sp³-hybridized carbons (Fsp3) is 0.0714. The van der Waals surface area contributed by atoms with E-state index in [9.17, 15) is 13.6 Å². The van der Waals surface area contributed by atoms with Gasteiger partial charge in [0.05, 0.1) is 6.20 Å². The molecule has 0 saturated heterocycles. The molecule has 2 heterocycles. The zero-order valence-electron chi connectivity index (χ0n) is 11.3. The average Bonchev–Trinajstić information content (AvgIpc) is 2.96. The molecule has 1 aromatic heterocycles. The molecule has 6 nitrogen and oxygen atoms in total. The monoisotopic (exact) mass is 303 g/mol. The van der Waals surface area contributed by atoms with Crippen molar-refractivity contribution < 1.29 is 13.6 Å². The van der Waals surface area contributed by atoms with Crippen molar-refractivity contribution in [2.24, 2.45) is 4.99 Å². The third-order valence-electron chi connectivity index (χ3n) is 2.97. The van der Waals surface area contributed by atoms with Crippen LogP contribution in [0.25, 0.3) is 5.69 Å². The van der Waals surface area contributed by atoms with E-state index in [-0.39, 0.29) is 18.2 Å². The standard InChI is InChI=1S/C14H11F2N5O/c15-10-2-3-12(11(16)8-10)21-13(4-6-18-21)19-14(22)20-7-1-5-17-9-20/h1-8H,9H2,(H,19,22). The normalized spacial score (nSPS) is 13.5. The largest absolute Gasteiger partial charge is 0.328 e. The van der Waals surface area contributed by atoms with E-state index in [0.29, 0.717) is 0 Å². The summed E-state index contributed by atoms with van der Waals surface area (Å²) in [6.45, 7) is 0.196. The molecule has 112 valence electrons. The third-order valence-corrected chi connectivity index (χ3v) is 2.97. The molecule has 3 rings (SSSR count). The minimum Gasteiger partial charge on any atom is -0.292 e. The van der Waals surface area contributed by atoms with Gasteiger partial charge in [0.1, 0.15) is 24.0 Å². The summed E-state index contributed by atoms with van der Waals surface area (Å²) in [4.78, 5) is 17.4. The molecule has 2 aromatic rings. The maximum Gasteiger partial charge on any atom is 0.328 e. The Labute approximate surface area is 124 Å². The maximum absolute atomic E-state index is 13.8. The van der Waals surface area contributed by atoms with E-state index in [1.54, 1.807) is 18.5 Å². The summed E-state index contributed by atoms with van der Waals surface area (Å²) < 4.78 is 28.0. The summed E-state index contributed by atoms with van der Waals surface area (Å²) in [6.07, 6.45) is 6.19. The highest BCUT2D eigenvalue weighted by Gasteiger charge is 2.16. The molecule has 0 bridgehead atoms. The van der Waals surface area contributed by atoms with Gasteiger partial charge < -0.3 is 0 Å². The van der Waals surface area contributed by atoms with E-state index in [1.807, 2.05) is 0 Å². The van der Waals surface area contributed by atoms with Crippen LogP contribution in [0, 0.1) is 11.6 Å². The third kappa shape index (κ3) is 2.71. The number of halogens is 2. The lowest BCUT2D eigenvalue weighted by Crippen LogP contribution is -2.32. The highest BCUT2D eigenvalue weighted by molar-refractivity contribution is 5.90. The smallest absolute Gasteiger partial charge is 0.292 e. The molecule has 0 aliphatic carbocycles. The topological polar surface area (TPSA) is 62.5 Å². The molecule has 0 spiro atoms. The van der Waals surface area contributed by atoms with Gasteiger partial charge in [-0.3, -0.25) is 15.2 Å². The number of aromatic nitrogens is 2. The molecule has 0 unspecified atom stereocenters. The molecule has 2 amide bonds. The summed E-state index contributed by atoms with van der Waals surface area (Å²) in [5, 5.41) is 6.55. The van der Waals surface area contributed by atoms with E-state index in [2.05, 4.69) is 15.4 Å².